The second-order valence-electron chi connectivity index (χ2n) is 13.1. The zero-order chi connectivity index (χ0) is 33.3. The molecule has 1 N–H and O–H groups in total. The molecule has 5 atom stereocenters. The largest absolute Gasteiger partial charge is 0.496 e. The molecule has 1 aliphatic heterocycles. The number of amides is 2. The Morgan fingerprint density at radius 3 is 2.62 bits per heavy atom. The molecule has 2 aromatic heterocycles. The molecule has 3 aliphatic rings. The number of nitrogens with one attached hydrogen (secondary N) is 1. The number of methoxy groups -OCH3 is 1. The van der Waals surface area contributed by atoms with E-state index in [-0.39, 0.29) is 24.3 Å². The summed E-state index contributed by atoms with van der Waals surface area (Å²) in [5, 5.41) is 3.87. The Labute approximate surface area is 275 Å². The summed E-state index contributed by atoms with van der Waals surface area (Å²) in [5.74, 6) is -0.881. The van der Waals surface area contributed by atoms with Crippen LogP contribution in [0.3, 0.4) is 0 Å². The molecular weight excluding hydrogens is 596 g/mol. The summed E-state index contributed by atoms with van der Waals surface area (Å²) in [6.45, 7) is 6.50. The molecule has 6 rings (SSSR count). The SMILES string of the molecule is CCOC(=O)[C@@]12C[C@H]1/C=C\CCCCN(C)C(=O)C1C[C@H](Oc3cc(-c4cccc(C)n4)nc4c(C)c(OC)ccc34)C[C@H]1C(=O)N2. The average Bonchev–Trinajstić information content (AvgIpc) is 3.59. The van der Waals surface area contributed by atoms with Crippen molar-refractivity contribution < 1.29 is 28.6 Å². The maximum absolute atomic E-state index is 14.1. The van der Waals surface area contributed by atoms with E-state index >= 15 is 0 Å². The number of rotatable bonds is 6. The van der Waals surface area contributed by atoms with Gasteiger partial charge in [-0.15, -0.1) is 0 Å². The minimum atomic E-state index is -1.10. The van der Waals surface area contributed by atoms with Crippen LogP contribution in [-0.4, -0.2) is 71.6 Å². The molecule has 3 aromatic rings. The Morgan fingerprint density at radius 2 is 1.85 bits per heavy atom. The van der Waals surface area contributed by atoms with E-state index in [9.17, 15) is 14.4 Å². The minimum absolute atomic E-state index is 0.0776. The molecule has 0 saturated heterocycles. The Bertz CT molecular complexity index is 1720. The lowest BCUT2D eigenvalue weighted by atomic mass is 9.93. The summed E-state index contributed by atoms with van der Waals surface area (Å²) in [6, 6.07) is 11.5. The first-order valence-electron chi connectivity index (χ1n) is 16.6. The van der Waals surface area contributed by atoms with Crippen molar-refractivity contribution in [2.24, 2.45) is 17.8 Å². The summed E-state index contributed by atoms with van der Waals surface area (Å²) in [4.78, 5) is 52.5. The van der Waals surface area contributed by atoms with Gasteiger partial charge in [-0.05, 0) is 83.6 Å². The topological polar surface area (TPSA) is 120 Å². The average molecular weight is 641 g/mol. The molecule has 2 saturated carbocycles. The molecule has 1 unspecified atom stereocenters. The highest BCUT2D eigenvalue weighted by Crippen LogP contribution is 2.47. The van der Waals surface area contributed by atoms with Crippen LogP contribution in [0, 0.1) is 31.6 Å². The van der Waals surface area contributed by atoms with Crippen molar-refractivity contribution in [2.45, 2.75) is 70.9 Å². The highest BCUT2D eigenvalue weighted by molar-refractivity contribution is 5.95. The van der Waals surface area contributed by atoms with E-state index in [1.165, 1.54) is 0 Å². The fourth-order valence-electron chi connectivity index (χ4n) is 7.13. The first-order chi connectivity index (χ1) is 22.6. The van der Waals surface area contributed by atoms with Gasteiger partial charge in [-0.25, -0.2) is 9.78 Å². The van der Waals surface area contributed by atoms with E-state index in [1.807, 2.05) is 56.3 Å². The molecule has 0 bridgehead atoms. The molecule has 0 spiro atoms. The molecular formula is C37H44N4O6. The zero-order valence-electron chi connectivity index (χ0n) is 27.9. The maximum Gasteiger partial charge on any atom is 0.332 e. The van der Waals surface area contributed by atoms with Gasteiger partial charge in [-0.1, -0.05) is 18.2 Å². The molecule has 2 aliphatic carbocycles. The Morgan fingerprint density at radius 1 is 1.04 bits per heavy atom. The van der Waals surface area contributed by atoms with E-state index in [0.717, 1.165) is 41.4 Å². The molecule has 248 valence electrons. The number of carbonyl (C=O) groups excluding carboxylic acids is 3. The summed E-state index contributed by atoms with van der Waals surface area (Å²) >= 11 is 0. The molecule has 10 heteroatoms. The van der Waals surface area contributed by atoms with Gasteiger partial charge in [-0.2, -0.15) is 0 Å². The van der Waals surface area contributed by atoms with Crippen molar-refractivity contribution in [2.75, 3.05) is 27.3 Å². The van der Waals surface area contributed by atoms with Gasteiger partial charge in [0.2, 0.25) is 11.8 Å². The fraction of sp³-hybridized carbons (Fsp3) is 0.486. The number of aromatic nitrogens is 2. The van der Waals surface area contributed by atoms with Crippen LogP contribution in [0.4, 0.5) is 0 Å². The van der Waals surface area contributed by atoms with Crippen molar-refractivity contribution in [1.29, 1.82) is 0 Å². The summed E-state index contributed by atoms with van der Waals surface area (Å²) < 4.78 is 17.8. The van der Waals surface area contributed by atoms with Crippen molar-refractivity contribution in [1.82, 2.24) is 20.2 Å². The van der Waals surface area contributed by atoms with Crippen molar-refractivity contribution in [3.8, 4) is 22.9 Å². The maximum atomic E-state index is 14.1. The number of hydrogen-bond acceptors (Lipinski definition) is 8. The number of carbonyl (C=O) groups is 3. The number of aryl methyl sites for hydroxylation is 2. The van der Waals surface area contributed by atoms with Gasteiger partial charge >= 0.3 is 5.97 Å². The van der Waals surface area contributed by atoms with E-state index in [1.54, 1.807) is 26.0 Å². The predicted octanol–water partition coefficient (Wildman–Crippen LogP) is 5.33. The third kappa shape index (κ3) is 6.42. The van der Waals surface area contributed by atoms with Gasteiger partial charge in [-0.3, -0.25) is 14.6 Å². The van der Waals surface area contributed by atoms with Gasteiger partial charge in [0.1, 0.15) is 23.1 Å². The molecule has 3 heterocycles. The van der Waals surface area contributed by atoms with Crippen LogP contribution in [0.5, 0.6) is 11.5 Å². The van der Waals surface area contributed by atoms with Crippen LogP contribution >= 0.6 is 0 Å². The lowest BCUT2D eigenvalue weighted by molar-refractivity contribution is -0.150. The monoisotopic (exact) mass is 640 g/mol. The predicted molar refractivity (Wildman–Crippen MR) is 178 cm³/mol. The van der Waals surface area contributed by atoms with Crippen molar-refractivity contribution in [3.63, 3.8) is 0 Å². The first-order valence-corrected chi connectivity index (χ1v) is 16.6. The van der Waals surface area contributed by atoms with Crippen LogP contribution in [-0.2, 0) is 19.1 Å². The van der Waals surface area contributed by atoms with E-state index in [0.29, 0.717) is 48.7 Å². The molecule has 2 fully saturated rings. The number of ether oxygens (including phenoxy) is 3. The summed E-state index contributed by atoms with van der Waals surface area (Å²) in [7, 11) is 3.43. The quantitative estimate of drug-likeness (QED) is 0.284. The highest BCUT2D eigenvalue weighted by atomic mass is 16.5. The number of nitrogens with zero attached hydrogens (tertiary/aromatic N) is 3. The summed E-state index contributed by atoms with van der Waals surface area (Å²) in [6.07, 6.45) is 7.48. The van der Waals surface area contributed by atoms with E-state index in [4.69, 9.17) is 24.2 Å². The zero-order valence-corrected chi connectivity index (χ0v) is 27.9. The number of hydrogen-bond donors (Lipinski definition) is 1. The van der Waals surface area contributed by atoms with Crippen LogP contribution in [0.2, 0.25) is 0 Å². The van der Waals surface area contributed by atoms with Gasteiger partial charge in [0, 0.05) is 42.2 Å². The van der Waals surface area contributed by atoms with E-state index < -0.39 is 29.4 Å². The number of pyridine rings is 2. The van der Waals surface area contributed by atoms with Gasteiger partial charge in [0.25, 0.3) is 0 Å². The smallest absolute Gasteiger partial charge is 0.332 e. The van der Waals surface area contributed by atoms with Crippen LogP contribution < -0.4 is 14.8 Å². The Hall–Kier alpha value is -4.47. The molecule has 0 radical (unpaired) electrons. The second kappa shape index (κ2) is 13.3. The van der Waals surface area contributed by atoms with Crippen LogP contribution in [0.15, 0.2) is 48.6 Å². The molecule has 2 amide bonds. The number of esters is 1. The highest BCUT2D eigenvalue weighted by Gasteiger charge is 2.62. The molecule has 47 heavy (non-hydrogen) atoms. The minimum Gasteiger partial charge on any atom is -0.496 e. The van der Waals surface area contributed by atoms with Gasteiger partial charge in [0.05, 0.1) is 42.5 Å². The number of benzene rings is 1. The standard InChI is InChI=1S/C37H44N4O6/c1-6-46-36(44)37-21-24(37)13-9-7-8-10-17-41(4)35(43)28-19-25(18-27(28)34(42)40-37)47-32-20-30(29-14-11-12-22(2)38-29)39-33-23(3)31(45-5)16-15-26(32)33/h9,11-16,20,24-25,27-28H,6-8,10,17-19,21H2,1-5H3,(H,40,42)/b13-9-/t24-,25-,27-,28?,37-/m1/s1. The lowest BCUT2D eigenvalue weighted by Gasteiger charge is -2.26. The van der Waals surface area contributed by atoms with Crippen LogP contribution in [0.25, 0.3) is 22.3 Å². The van der Waals surface area contributed by atoms with Crippen LogP contribution in [0.1, 0.15) is 56.7 Å². The first kappa shape index (κ1) is 32.5. The third-order valence-corrected chi connectivity index (χ3v) is 9.84. The van der Waals surface area contributed by atoms with Gasteiger partial charge in [0.15, 0.2) is 0 Å². The van der Waals surface area contributed by atoms with E-state index in [2.05, 4.69) is 11.4 Å². The van der Waals surface area contributed by atoms with Gasteiger partial charge < -0.3 is 24.4 Å². The Balaban J connectivity index is 1.35. The number of fused-ring (bicyclic) bond motifs is 3. The summed E-state index contributed by atoms with van der Waals surface area (Å²) in [5.41, 5.74) is 2.74. The fourth-order valence-corrected chi connectivity index (χ4v) is 7.13. The molecule has 10 nitrogen and oxygen atoms in total. The third-order valence-electron chi connectivity index (χ3n) is 9.84. The lowest BCUT2D eigenvalue weighted by Crippen LogP contribution is -2.50. The Kier molecular flexibility index (Phi) is 9.21. The van der Waals surface area contributed by atoms with Crippen molar-refractivity contribution >= 4 is 28.7 Å². The number of allylic oxidation sites excluding steroid dienone is 1. The molecule has 1 aromatic carbocycles. The van der Waals surface area contributed by atoms with Crippen molar-refractivity contribution in [3.05, 3.63) is 59.8 Å². The normalized spacial score (nSPS) is 26.9. The second-order valence-corrected chi connectivity index (χ2v) is 13.1.